The number of amides is 6. The number of carbonyl (C=O) groups is 6. The zero-order valence-electron chi connectivity index (χ0n) is 23.1. The maximum atomic E-state index is 12.8. The second-order valence-corrected chi connectivity index (χ2v) is 9.80. The molecule has 3 atom stereocenters. The molecule has 3 aromatic rings. The van der Waals surface area contributed by atoms with Crippen molar-refractivity contribution in [2.24, 2.45) is 0 Å². The number of nitrogens with one attached hydrogen (secondary N) is 6. The van der Waals surface area contributed by atoms with Crippen molar-refractivity contribution in [1.29, 1.82) is 0 Å². The molecule has 6 amide bonds. The quantitative estimate of drug-likeness (QED) is 0.242. The predicted molar refractivity (Wildman–Crippen MR) is 156 cm³/mol. The van der Waals surface area contributed by atoms with Crippen molar-refractivity contribution < 1.29 is 28.8 Å². The van der Waals surface area contributed by atoms with Crippen molar-refractivity contribution in [2.75, 3.05) is 16.0 Å². The van der Waals surface area contributed by atoms with Crippen LogP contribution in [0.3, 0.4) is 0 Å². The standard InChI is InChI=1S/C30H30N6O6/c1-16-25(37)34-22-10-5-8-20(14-22)29(41)32-18(3)27(39)36-24-12-6-9-21(15-24)30(42)33-17(2)26(38)35-23-11-4-7-19(13-23)28(40)31-16/h4-18H,1-3H3,(H,31,40)(H,32,41)(H,33,42)(H,34,37)(H,35,38)(H,36,39)/t16-,17-,18-/m1/s1. The molecule has 0 saturated carbocycles. The summed E-state index contributed by atoms with van der Waals surface area (Å²) in [6.45, 7) is 4.50. The van der Waals surface area contributed by atoms with Crippen LogP contribution in [0.2, 0.25) is 0 Å². The van der Waals surface area contributed by atoms with Gasteiger partial charge in [-0.2, -0.15) is 0 Å². The zero-order chi connectivity index (χ0) is 30.4. The van der Waals surface area contributed by atoms with Crippen LogP contribution in [0.1, 0.15) is 51.8 Å². The molecule has 42 heavy (non-hydrogen) atoms. The highest BCUT2D eigenvalue weighted by Gasteiger charge is 2.22. The molecule has 0 aliphatic carbocycles. The lowest BCUT2D eigenvalue weighted by Crippen LogP contribution is -2.42. The highest BCUT2D eigenvalue weighted by molar-refractivity contribution is 6.05. The molecule has 0 fully saturated rings. The van der Waals surface area contributed by atoms with Crippen molar-refractivity contribution in [3.63, 3.8) is 0 Å². The number of benzene rings is 3. The average molecular weight is 571 g/mol. The van der Waals surface area contributed by atoms with Gasteiger partial charge in [-0.3, -0.25) is 28.8 Å². The van der Waals surface area contributed by atoms with E-state index in [4.69, 9.17) is 0 Å². The third-order valence-electron chi connectivity index (χ3n) is 6.40. The lowest BCUT2D eigenvalue weighted by atomic mass is 10.1. The Morgan fingerprint density at radius 2 is 0.690 bits per heavy atom. The minimum atomic E-state index is -0.949. The topological polar surface area (TPSA) is 175 Å². The van der Waals surface area contributed by atoms with Gasteiger partial charge in [0, 0.05) is 33.8 Å². The Hall–Kier alpha value is -5.52. The average Bonchev–Trinajstić information content (AvgIpc) is 2.96. The first-order chi connectivity index (χ1) is 20.0. The summed E-state index contributed by atoms with van der Waals surface area (Å²) >= 11 is 0. The van der Waals surface area contributed by atoms with Crippen LogP contribution in [0, 0.1) is 0 Å². The number of fused-ring (bicyclic) bond motifs is 6. The Labute approximate surface area is 241 Å². The fourth-order valence-corrected chi connectivity index (χ4v) is 4.00. The molecule has 0 unspecified atom stereocenters. The van der Waals surface area contributed by atoms with E-state index in [9.17, 15) is 28.8 Å². The van der Waals surface area contributed by atoms with Crippen molar-refractivity contribution in [3.05, 3.63) is 89.5 Å². The Bertz CT molecular complexity index is 1390. The van der Waals surface area contributed by atoms with Gasteiger partial charge < -0.3 is 31.9 Å². The highest BCUT2D eigenvalue weighted by atomic mass is 16.2. The Balaban J connectivity index is 1.62. The van der Waals surface area contributed by atoms with Crippen molar-refractivity contribution in [3.8, 4) is 0 Å². The minimum Gasteiger partial charge on any atom is -0.341 e. The van der Waals surface area contributed by atoms with E-state index in [0.29, 0.717) is 17.1 Å². The van der Waals surface area contributed by atoms with Crippen molar-refractivity contribution in [2.45, 2.75) is 38.9 Å². The van der Waals surface area contributed by atoms with E-state index in [1.807, 2.05) is 0 Å². The number of carbonyl (C=O) groups excluding carboxylic acids is 6. The third kappa shape index (κ3) is 7.36. The van der Waals surface area contributed by atoms with Crippen LogP contribution in [-0.2, 0) is 14.4 Å². The fourth-order valence-electron chi connectivity index (χ4n) is 4.00. The van der Waals surface area contributed by atoms with Gasteiger partial charge in [-0.25, -0.2) is 0 Å². The summed E-state index contributed by atoms with van der Waals surface area (Å²) in [5.74, 6) is -3.24. The molecule has 1 aliphatic heterocycles. The van der Waals surface area contributed by atoms with E-state index in [1.165, 1.54) is 57.2 Å². The van der Waals surface area contributed by atoms with Gasteiger partial charge in [0.15, 0.2) is 0 Å². The summed E-state index contributed by atoms with van der Waals surface area (Å²) in [5.41, 5.74) is 1.54. The maximum absolute atomic E-state index is 12.8. The van der Waals surface area contributed by atoms with Crippen LogP contribution in [0.25, 0.3) is 0 Å². The summed E-state index contributed by atoms with van der Waals surface area (Å²) in [4.78, 5) is 76.9. The second kappa shape index (κ2) is 12.8. The lowest BCUT2D eigenvalue weighted by molar-refractivity contribution is -0.118. The molecule has 6 N–H and O–H groups in total. The molecular weight excluding hydrogens is 540 g/mol. The van der Waals surface area contributed by atoms with Gasteiger partial charge in [0.2, 0.25) is 17.7 Å². The molecule has 3 aromatic carbocycles. The van der Waals surface area contributed by atoms with E-state index in [1.54, 1.807) is 36.4 Å². The molecule has 0 radical (unpaired) electrons. The molecule has 12 heteroatoms. The van der Waals surface area contributed by atoms with Crippen LogP contribution in [0.5, 0.6) is 0 Å². The Morgan fingerprint density at radius 1 is 0.429 bits per heavy atom. The lowest BCUT2D eigenvalue weighted by Gasteiger charge is -2.17. The maximum Gasteiger partial charge on any atom is 0.251 e. The van der Waals surface area contributed by atoms with Gasteiger partial charge in [0.25, 0.3) is 17.7 Å². The van der Waals surface area contributed by atoms with E-state index < -0.39 is 53.6 Å². The largest absolute Gasteiger partial charge is 0.341 e. The van der Waals surface area contributed by atoms with Gasteiger partial charge >= 0.3 is 0 Å². The smallest absolute Gasteiger partial charge is 0.251 e. The molecule has 216 valence electrons. The van der Waals surface area contributed by atoms with Crippen LogP contribution in [-0.4, -0.2) is 53.6 Å². The summed E-state index contributed by atoms with van der Waals surface area (Å²) in [6.07, 6.45) is 0. The van der Waals surface area contributed by atoms with Gasteiger partial charge in [-0.15, -0.1) is 0 Å². The number of hydrogen-bond acceptors (Lipinski definition) is 6. The Kier molecular flexibility index (Phi) is 8.96. The summed E-state index contributed by atoms with van der Waals surface area (Å²) < 4.78 is 0. The second-order valence-electron chi connectivity index (χ2n) is 9.80. The molecule has 4 rings (SSSR count). The van der Waals surface area contributed by atoms with Crippen molar-refractivity contribution >= 4 is 52.5 Å². The first-order valence-corrected chi connectivity index (χ1v) is 13.2. The first-order valence-electron chi connectivity index (χ1n) is 13.2. The highest BCUT2D eigenvalue weighted by Crippen LogP contribution is 2.15. The normalized spacial score (nSPS) is 20.5. The van der Waals surface area contributed by atoms with Crippen LogP contribution in [0.15, 0.2) is 72.8 Å². The molecule has 6 bridgehead atoms. The summed E-state index contributed by atoms with van der Waals surface area (Å²) in [6, 6.07) is 15.5. The third-order valence-corrected chi connectivity index (χ3v) is 6.40. The van der Waals surface area contributed by atoms with Crippen LogP contribution < -0.4 is 31.9 Å². The van der Waals surface area contributed by atoms with E-state index in [-0.39, 0.29) is 16.7 Å². The van der Waals surface area contributed by atoms with Gasteiger partial charge in [0.1, 0.15) is 18.1 Å². The van der Waals surface area contributed by atoms with E-state index >= 15 is 0 Å². The fraction of sp³-hybridized carbons (Fsp3) is 0.200. The molecule has 0 saturated heterocycles. The SMILES string of the molecule is C[C@H]1NC(=O)c2cccc(c2)NC(=O)[C@@H](C)NC(=O)c2cccc(c2)NC(=O)[C@@H](C)NC(=O)c2cccc(c2)NC1=O. The number of hydrogen-bond donors (Lipinski definition) is 6. The number of rotatable bonds is 0. The monoisotopic (exact) mass is 570 g/mol. The minimum absolute atomic E-state index is 0.199. The summed E-state index contributed by atoms with van der Waals surface area (Å²) in [5, 5.41) is 15.8. The van der Waals surface area contributed by atoms with E-state index in [0.717, 1.165) is 0 Å². The molecule has 1 aliphatic rings. The van der Waals surface area contributed by atoms with E-state index in [2.05, 4.69) is 31.9 Å². The van der Waals surface area contributed by atoms with Crippen LogP contribution in [0.4, 0.5) is 17.1 Å². The number of anilines is 3. The molecule has 12 nitrogen and oxygen atoms in total. The molecular formula is C30H30N6O6. The molecule has 0 aromatic heterocycles. The van der Waals surface area contributed by atoms with Gasteiger partial charge in [0.05, 0.1) is 0 Å². The van der Waals surface area contributed by atoms with Gasteiger partial charge in [-0.05, 0) is 75.4 Å². The predicted octanol–water partition coefficient (Wildman–Crippen LogP) is 2.27. The molecule has 0 spiro atoms. The zero-order valence-corrected chi connectivity index (χ0v) is 23.1. The molecule has 1 heterocycles. The Morgan fingerprint density at radius 3 is 0.952 bits per heavy atom. The van der Waals surface area contributed by atoms with Crippen LogP contribution >= 0.6 is 0 Å². The first kappa shape index (κ1) is 29.5. The summed E-state index contributed by atoms with van der Waals surface area (Å²) in [7, 11) is 0. The van der Waals surface area contributed by atoms with Gasteiger partial charge in [-0.1, -0.05) is 18.2 Å². The van der Waals surface area contributed by atoms with Crippen molar-refractivity contribution in [1.82, 2.24) is 16.0 Å².